The van der Waals surface area contributed by atoms with Gasteiger partial charge in [-0.1, -0.05) is 18.2 Å². The summed E-state index contributed by atoms with van der Waals surface area (Å²) in [6.07, 6.45) is 2.00. The largest absolute Gasteiger partial charge is 0.366 e. The summed E-state index contributed by atoms with van der Waals surface area (Å²) in [4.78, 5) is 25.1. The Labute approximate surface area is 144 Å². The van der Waals surface area contributed by atoms with Crippen LogP contribution in [0.1, 0.15) is 28.8 Å². The monoisotopic (exact) mass is 343 g/mol. The molecule has 1 N–H and O–H groups in total. The van der Waals surface area contributed by atoms with E-state index in [1.54, 1.807) is 30.3 Å². The molecule has 1 aliphatic heterocycles. The fourth-order valence-electron chi connectivity index (χ4n) is 2.96. The molecule has 1 saturated heterocycles. The summed E-state index contributed by atoms with van der Waals surface area (Å²) in [7, 11) is 0. The number of nitrogens with one attached hydrogen (secondary N) is 1. The molecule has 2 aromatic carbocycles. The Kier molecular flexibility index (Phi) is 4.92. The number of hydrogen-bond donors (Lipinski definition) is 1. The van der Waals surface area contributed by atoms with Crippen molar-refractivity contribution in [2.24, 2.45) is 0 Å². The van der Waals surface area contributed by atoms with E-state index < -0.39 is 16.6 Å². The van der Waals surface area contributed by atoms with E-state index in [9.17, 15) is 19.3 Å². The zero-order valence-corrected chi connectivity index (χ0v) is 13.6. The van der Waals surface area contributed by atoms with Crippen molar-refractivity contribution < 1.29 is 14.1 Å². The van der Waals surface area contributed by atoms with Crippen LogP contribution in [0.5, 0.6) is 0 Å². The van der Waals surface area contributed by atoms with Crippen LogP contribution in [0.2, 0.25) is 0 Å². The molecule has 3 rings (SSSR count). The summed E-state index contributed by atoms with van der Waals surface area (Å²) in [6, 6.07) is 10.6. The summed E-state index contributed by atoms with van der Waals surface area (Å²) >= 11 is 0. The Bertz CT molecular complexity index is 804. The van der Waals surface area contributed by atoms with Gasteiger partial charge in [-0.3, -0.25) is 14.9 Å². The number of benzene rings is 2. The first-order valence-corrected chi connectivity index (χ1v) is 8.11. The Morgan fingerprint density at radius 3 is 2.60 bits per heavy atom. The zero-order valence-electron chi connectivity index (χ0n) is 13.6. The van der Waals surface area contributed by atoms with Gasteiger partial charge in [0.05, 0.1) is 4.92 Å². The molecule has 0 radical (unpaired) electrons. The predicted molar refractivity (Wildman–Crippen MR) is 92.1 cm³/mol. The van der Waals surface area contributed by atoms with Gasteiger partial charge < -0.3 is 10.2 Å². The first-order valence-electron chi connectivity index (χ1n) is 8.11. The van der Waals surface area contributed by atoms with E-state index in [1.807, 2.05) is 4.90 Å². The van der Waals surface area contributed by atoms with Gasteiger partial charge in [0.15, 0.2) is 0 Å². The van der Waals surface area contributed by atoms with Gasteiger partial charge in [-0.15, -0.1) is 0 Å². The highest BCUT2D eigenvalue weighted by Crippen LogP contribution is 2.31. The van der Waals surface area contributed by atoms with E-state index in [0.717, 1.165) is 25.9 Å². The average Bonchev–Trinajstić information content (AvgIpc) is 3.14. The van der Waals surface area contributed by atoms with Gasteiger partial charge >= 0.3 is 0 Å². The fourth-order valence-corrected chi connectivity index (χ4v) is 2.96. The highest BCUT2D eigenvalue weighted by atomic mass is 19.1. The Balaban J connectivity index is 1.77. The van der Waals surface area contributed by atoms with Crippen molar-refractivity contribution in [2.45, 2.75) is 19.4 Å². The van der Waals surface area contributed by atoms with Crippen LogP contribution in [0.25, 0.3) is 0 Å². The standard InChI is InChI=1S/C18H18FN3O3/c19-15-6-2-1-5-14(15)12-20-18(23)13-7-8-16(17(11-13)22(24)25)21-9-3-4-10-21/h1-2,5-8,11H,3-4,9-10,12H2,(H,20,23). The molecule has 2 aromatic rings. The molecule has 7 heteroatoms. The number of nitro benzene ring substituents is 1. The summed E-state index contributed by atoms with van der Waals surface area (Å²) < 4.78 is 13.6. The second kappa shape index (κ2) is 7.29. The molecule has 0 atom stereocenters. The molecule has 0 unspecified atom stereocenters. The van der Waals surface area contributed by atoms with E-state index in [0.29, 0.717) is 11.3 Å². The molecule has 25 heavy (non-hydrogen) atoms. The van der Waals surface area contributed by atoms with Gasteiger partial charge in [-0.2, -0.15) is 0 Å². The minimum Gasteiger partial charge on any atom is -0.366 e. The highest BCUT2D eigenvalue weighted by Gasteiger charge is 2.23. The van der Waals surface area contributed by atoms with Gasteiger partial charge in [-0.25, -0.2) is 4.39 Å². The maximum Gasteiger partial charge on any atom is 0.293 e. The minimum atomic E-state index is -0.473. The fraction of sp³-hybridized carbons (Fsp3) is 0.278. The second-order valence-electron chi connectivity index (χ2n) is 5.93. The first-order chi connectivity index (χ1) is 12.1. The third kappa shape index (κ3) is 3.76. The number of carbonyl (C=O) groups excluding carboxylic acids is 1. The molecule has 6 nitrogen and oxygen atoms in total. The number of halogens is 1. The maximum atomic E-state index is 13.6. The molecule has 130 valence electrons. The van der Waals surface area contributed by atoms with Crippen LogP contribution in [0.3, 0.4) is 0 Å². The van der Waals surface area contributed by atoms with Crippen LogP contribution in [-0.2, 0) is 6.54 Å². The lowest BCUT2D eigenvalue weighted by Gasteiger charge is -2.17. The summed E-state index contributed by atoms with van der Waals surface area (Å²) in [5, 5.41) is 14.0. The molecule has 1 aliphatic rings. The molecule has 0 bridgehead atoms. The maximum absolute atomic E-state index is 13.6. The van der Waals surface area contributed by atoms with Crippen LogP contribution in [0.4, 0.5) is 15.8 Å². The normalized spacial score (nSPS) is 13.7. The van der Waals surface area contributed by atoms with E-state index in [2.05, 4.69) is 5.32 Å². The summed E-state index contributed by atoms with van der Waals surface area (Å²) in [5.74, 6) is -0.877. The summed E-state index contributed by atoms with van der Waals surface area (Å²) in [5.41, 5.74) is 0.999. The lowest BCUT2D eigenvalue weighted by atomic mass is 10.1. The lowest BCUT2D eigenvalue weighted by Crippen LogP contribution is -2.24. The topological polar surface area (TPSA) is 75.5 Å². The number of amides is 1. The smallest absolute Gasteiger partial charge is 0.293 e. The number of hydrogen-bond acceptors (Lipinski definition) is 4. The van der Waals surface area contributed by atoms with Gasteiger partial charge in [0.25, 0.3) is 11.6 Å². The van der Waals surface area contributed by atoms with Crippen molar-refractivity contribution in [1.29, 1.82) is 0 Å². The van der Waals surface area contributed by atoms with Gasteiger partial charge in [0.1, 0.15) is 11.5 Å². The average molecular weight is 343 g/mol. The Hall–Kier alpha value is -2.96. The predicted octanol–water partition coefficient (Wildman–Crippen LogP) is 3.26. The number of nitro groups is 1. The van der Waals surface area contributed by atoms with Gasteiger partial charge in [0, 0.05) is 36.8 Å². The van der Waals surface area contributed by atoms with Gasteiger partial charge in [-0.05, 0) is 31.0 Å². The van der Waals surface area contributed by atoms with Crippen molar-refractivity contribution in [2.75, 3.05) is 18.0 Å². The van der Waals surface area contributed by atoms with Crippen LogP contribution in [0, 0.1) is 15.9 Å². The molecule has 0 aromatic heterocycles. The first kappa shape index (κ1) is 16.9. The molecular formula is C18H18FN3O3. The van der Waals surface area contributed by atoms with Crippen molar-refractivity contribution >= 4 is 17.3 Å². The lowest BCUT2D eigenvalue weighted by molar-refractivity contribution is -0.384. The number of nitrogens with zero attached hydrogens (tertiary/aromatic N) is 2. The zero-order chi connectivity index (χ0) is 17.8. The second-order valence-corrected chi connectivity index (χ2v) is 5.93. The molecule has 1 amide bonds. The van der Waals surface area contributed by atoms with E-state index in [1.165, 1.54) is 12.1 Å². The van der Waals surface area contributed by atoms with E-state index >= 15 is 0 Å². The van der Waals surface area contributed by atoms with Crippen LogP contribution >= 0.6 is 0 Å². The van der Waals surface area contributed by atoms with Crippen LogP contribution in [-0.4, -0.2) is 23.9 Å². The summed E-state index contributed by atoms with van der Waals surface area (Å²) in [6.45, 7) is 1.58. The molecule has 0 saturated carbocycles. The third-order valence-electron chi connectivity index (χ3n) is 4.28. The SMILES string of the molecule is O=C(NCc1ccccc1F)c1ccc(N2CCCC2)c([N+](=O)[O-])c1. The van der Waals surface area contributed by atoms with Crippen molar-refractivity contribution in [3.63, 3.8) is 0 Å². The van der Waals surface area contributed by atoms with Crippen molar-refractivity contribution in [3.05, 3.63) is 69.5 Å². The van der Waals surface area contributed by atoms with Crippen molar-refractivity contribution in [3.8, 4) is 0 Å². The van der Waals surface area contributed by atoms with E-state index in [4.69, 9.17) is 0 Å². The van der Waals surface area contributed by atoms with Crippen LogP contribution in [0.15, 0.2) is 42.5 Å². The number of carbonyl (C=O) groups is 1. The van der Waals surface area contributed by atoms with Crippen molar-refractivity contribution in [1.82, 2.24) is 5.32 Å². The third-order valence-corrected chi connectivity index (χ3v) is 4.28. The van der Waals surface area contributed by atoms with Gasteiger partial charge in [0.2, 0.25) is 0 Å². The minimum absolute atomic E-state index is 0.0210. The molecular weight excluding hydrogens is 325 g/mol. The molecule has 0 spiro atoms. The molecule has 1 heterocycles. The Morgan fingerprint density at radius 2 is 1.92 bits per heavy atom. The Morgan fingerprint density at radius 1 is 1.20 bits per heavy atom. The number of rotatable bonds is 5. The quantitative estimate of drug-likeness (QED) is 0.668. The number of anilines is 1. The van der Waals surface area contributed by atoms with E-state index in [-0.39, 0.29) is 17.8 Å². The van der Waals surface area contributed by atoms with Crippen LogP contribution < -0.4 is 10.2 Å². The highest BCUT2D eigenvalue weighted by molar-refractivity contribution is 5.95. The molecule has 1 fully saturated rings. The molecule has 0 aliphatic carbocycles.